The highest BCUT2D eigenvalue weighted by atomic mass is 127. The molecule has 1 aromatic carbocycles. The van der Waals surface area contributed by atoms with Gasteiger partial charge in [-0.2, -0.15) is 13.2 Å². The molecule has 4 amide bonds. The molecule has 0 bridgehead atoms. The number of unbranched alkanes of at least 4 members (excludes halogenated alkanes) is 2. The van der Waals surface area contributed by atoms with Crippen molar-refractivity contribution in [3.05, 3.63) is 47.5 Å². The summed E-state index contributed by atoms with van der Waals surface area (Å²) >= 11 is 2.77. The van der Waals surface area contributed by atoms with E-state index in [9.17, 15) is 36.0 Å². The number of ether oxygens (including phenoxy) is 2. The van der Waals surface area contributed by atoms with Gasteiger partial charge in [0, 0.05) is 46.3 Å². The Kier molecular flexibility index (Phi) is 11.4. The van der Waals surface area contributed by atoms with Gasteiger partial charge in [-0.1, -0.05) is 28.7 Å². The number of sulfonamides is 1. The Bertz CT molecular complexity index is 2130. The van der Waals surface area contributed by atoms with Gasteiger partial charge in [0.15, 0.2) is 5.69 Å². The number of aryl methyl sites for hydroxylation is 1. The molecule has 55 heavy (non-hydrogen) atoms. The number of rotatable bonds is 14. The lowest BCUT2D eigenvalue weighted by atomic mass is 10.1. The lowest BCUT2D eigenvalue weighted by molar-refractivity contribution is -0.140. The second kappa shape index (κ2) is 15.3. The minimum absolute atomic E-state index is 0.0129. The van der Waals surface area contributed by atoms with Gasteiger partial charge in [0.1, 0.15) is 39.9 Å². The zero-order valence-electron chi connectivity index (χ0n) is 30.7. The number of carbonyl (C=O) groups is 3. The number of pyridine rings is 1. The lowest BCUT2D eigenvalue weighted by Gasteiger charge is -2.29. The van der Waals surface area contributed by atoms with Crippen LogP contribution in [0.25, 0.3) is 21.6 Å². The van der Waals surface area contributed by atoms with E-state index in [0.29, 0.717) is 48.0 Å². The van der Waals surface area contributed by atoms with Crippen LogP contribution in [-0.2, 0) is 25.8 Å². The van der Waals surface area contributed by atoms with Crippen molar-refractivity contribution in [2.75, 3.05) is 27.2 Å². The third-order valence-corrected chi connectivity index (χ3v) is 15.0. The number of fused-ring (bicyclic) bond motifs is 1. The van der Waals surface area contributed by atoms with Crippen LogP contribution in [0.4, 0.5) is 18.0 Å². The van der Waals surface area contributed by atoms with E-state index in [1.807, 2.05) is 22.6 Å². The third-order valence-electron chi connectivity index (χ3n) is 10.5. The van der Waals surface area contributed by atoms with E-state index in [1.165, 1.54) is 23.0 Å². The van der Waals surface area contributed by atoms with Gasteiger partial charge in [-0.15, -0.1) is 17.9 Å². The van der Waals surface area contributed by atoms with Crippen LogP contribution in [0.1, 0.15) is 63.1 Å². The molecule has 13 nitrogen and oxygen atoms in total. The van der Waals surface area contributed by atoms with Crippen molar-refractivity contribution in [3.63, 3.8) is 0 Å². The zero-order chi connectivity index (χ0) is 40.1. The molecule has 19 heteroatoms. The molecule has 3 heterocycles. The summed E-state index contributed by atoms with van der Waals surface area (Å²) in [4.78, 5) is 52.9. The molecule has 0 unspecified atom stereocenters. The Hall–Kier alpha value is -3.72. The van der Waals surface area contributed by atoms with Crippen LogP contribution in [0.2, 0.25) is 0 Å². The first-order valence-electron chi connectivity index (χ1n) is 17.7. The average molecular weight is 919 g/mol. The lowest BCUT2D eigenvalue weighted by Crippen LogP contribution is -2.58. The number of benzene rings is 1. The number of halogens is 4. The highest BCUT2D eigenvalue weighted by Gasteiger charge is 2.63. The molecule has 4 atom stereocenters. The maximum absolute atomic E-state index is 14.1. The molecule has 3 aliphatic rings. The fraction of sp³-hybridized carbons (Fsp3) is 0.528. The van der Waals surface area contributed by atoms with Gasteiger partial charge in [-0.3, -0.25) is 14.3 Å². The number of carbonyl (C=O) groups excluding carboxylic acids is 3. The SMILES string of the molecule is C=CCCCCN(C)C(=O)[C@@H]1C[C@H](Oc2cc(-c3nc(C(F)(F)F)cs3)nc3c(C)c(OC)ccc23)CN1C(=O)N[C@]1(C(=O)NS(=O)(=O)C2(C)CC2)C[C@H]1I. The molecular weight excluding hydrogens is 876 g/mol. The van der Waals surface area contributed by atoms with Crippen LogP contribution in [0.3, 0.4) is 0 Å². The largest absolute Gasteiger partial charge is 0.496 e. The molecule has 2 aromatic heterocycles. The van der Waals surface area contributed by atoms with Crippen LogP contribution in [0.15, 0.2) is 36.2 Å². The summed E-state index contributed by atoms with van der Waals surface area (Å²) in [6.45, 7) is 7.36. The van der Waals surface area contributed by atoms with Crippen molar-refractivity contribution in [1.29, 1.82) is 0 Å². The molecule has 2 N–H and O–H groups in total. The first kappa shape index (κ1) is 40.9. The van der Waals surface area contributed by atoms with Crippen molar-refractivity contribution in [3.8, 4) is 22.2 Å². The molecule has 1 aliphatic heterocycles. The van der Waals surface area contributed by atoms with E-state index in [1.54, 1.807) is 39.1 Å². The fourth-order valence-corrected chi connectivity index (χ4v) is 9.77. The Labute approximate surface area is 334 Å². The number of amides is 4. The van der Waals surface area contributed by atoms with Crippen LogP contribution in [-0.4, -0.2) is 99.6 Å². The smallest absolute Gasteiger partial charge is 0.434 e. The number of aromatic nitrogens is 2. The van der Waals surface area contributed by atoms with Gasteiger partial charge in [-0.25, -0.2) is 23.2 Å². The summed E-state index contributed by atoms with van der Waals surface area (Å²) in [5.74, 6) is -0.447. The van der Waals surface area contributed by atoms with Crippen molar-refractivity contribution >= 4 is 72.7 Å². The van der Waals surface area contributed by atoms with E-state index in [4.69, 9.17) is 9.47 Å². The monoisotopic (exact) mass is 918 g/mol. The topological polar surface area (TPSA) is 160 Å². The summed E-state index contributed by atoms with van der Waals surface area (Å²) in [6, 6.07) is 3.16. The molecule has 2 saturated carbocycles. The van der Waals surface area contributed by atoms with Crippen LogP contribution < -0.4 is 19.5 Å². The minimum Gasteiger partial charge on any atom is -0.496 e. The van der Waals surface area contributed by atoms with Gasteiger partial charge >= 0.3 is 12.2 Å². The molecular formula is C36H42F3IN6O7S2. The fourth-order valence-electron chi connectivity index (χ4n) is 6.54. The number of hydrogen-bond donors (Lipinski definition) is 2. The number of urea groups is 1. The van der Waals surface area contributed by atoms with E-state index in [0.717, 1.165) is 29.6 Å². The number of likely N-dealkylation sites (tertiary alicyclic amines) is 1. The summed E-state index contributed by atoms with van der Waals surface area (Å²) in [5, 5.41) is 4.20. The summed E-state index contributed by atoms with van der Waals surface area (Å²) in [5.41, 5.74) is -1.42. The summed E-state index contributed by atoms with van der Waals surface area (Å²) < 4.78 is 79.1. The van der Waals surface area contributed by atoms with E-state index >= 15 is 0 Å². The highest BCUT2D eigenvalue weighted by molar-refractivity contribution is 14.1. The molecule has 2 aliphatic carbocycles. The Balaban J connectivity index is 1.30. The Morgan fingerprint density at radius 1 is 1.20 bits per heavy atom. The Morgan fingerprint density at radius 3 is 2.51 bits per heavy atom. The van der Waals surface area contributed by atoms with Crippen LogP contribution >= 0.6 is 33.9 Å². The summed E-state index contributed by atoms with van der Waals surface area (Å²) in [7, 11) is -0.854. The molecule has 0 spiro atoms. The summed E-state index contributed by atoms with van der Waals surface area (Å²) in [6.07, 6.45) is -0.289. The predicted octanol–water partition coefficient (Wildman–Crippen LogP) is 5.98. The first-order valence-corrected chi connectivity index (χ1v) is 21.3. The molecule has 0 radical (unpaired) electrons. The highest BCUT2D eigenvalue weighted by Crippen LogP contribution is 2.46. The molecule has 298 valence electrons. The van der Waals surface area contributed by atoms with Gasteiger partial charge in [0.2, 0.25) is 15.9 Å². The van der Waals surface area contributed by atoms with Crippen molar-refractivity contribution in [1.82, 2.24) is 29.8 Å². The van der Waals surface area contributed by atoms with Crippen LogP contribution in [0.5, 0.6) is 11.5 Å². The number of alkyl halides is 4. The van der Waals surface area contributed by atoms with E-state index in [-0.39, 0.29) is 41.7 Å². The van der Waals surface area contributed by atoms with Gasteiger partial charge in [0.05, 0.1) is 23.9 Å². The maximum Gasteiger partial charge on any atom is 0.434 e. The molecule has 3 aromatic rings. The number of allylic oxidation sites excluding steroid dienone is 1. The quantitative estimate of drug-likeness (QED) is 0.0859. The van der Waals surface area contributed by atoms with E-state index in [2.05, 4.69) is 26.6 Å². The number of hydrogen-bond acceptors (Lipinski definition) is 10. The second-order valence-corrected chi connectivity index (χ2v) is 19.0. The first-order chi connectivity index (χ1) is 25.8. The Morgan fingerprint density at radius 2 is 1.91 bits per heavy atom. The third kappa shape index (κ3) is 8.24. The normalized spacial score (nSPS) is 22.9. The van der Waals surface area contributed by atoms with Crippen molar-refractivity contribution < 1.29 is 45.4 Å². The molecule has 6 rings (SSSR count). The number of thiazole rings is 1. The van der Waals surface area contributed by atoms with Crippen molar-refractivity contribution in [2.24, 2.45) is 0 Å². The van der Waals surface area contributed by atoms with E-state index < -0.39 is 60.2 Å². The number of nitrogens with one attached hydrogen (secondary N) is 2. The van der Waals surface area contributed by atoms with Gasteiger partial charge < -0.3 is 24.6 Å². The molecule has 1 saturated heterocycles. The predicted molar refractivity (Wildman–Crippen MR) is 209 cm³/mol. The second-order valence-electron chi connectivity index (χ2n) is 14.5. The van der Waals surface area contributed by atoms with Crippen LogP contribution in [0, 0.1) is 6.92 Å². The number of methoxy groups -OCH3 is 1. The van der Waals surface area contributed by atoms with Crippen molar-refractivity contribution in [2.45, 2.75) is 91.3 Å². The zero-order valence-corrected chi connectivity index (χ0v) is 34.5. The minimum atomic E-state index is -4.65. The molecule has 3 fully saturated rings. The van der Waals surface area contributed by atoms with Gasteiger partial charge in [-0.05, 0) is 64.5 Å². The maximum atomic E-state index is 14.1. The average Bonchev–Trinajstić information content (AvgIpc) is 3.85. The number of nitrogens with zero attached hydrogens (tertiary/aromatic N) is 4. The van der Waals surface area contributed by atoms with Gasteiger partial charge in [0.25, 0.3) is 5.91 Å². The standard InChI is InChI=1S/C36H42F3IN6O7S2/c1-6-7-8-9-14-45(4)31(47)24-15-21(18-46(24)33(49)43-35(17-27(35)40)32(48)44-55(50,51)34(3)12-13-34)53-26-16-23(30-42-28(19-54-30)36(37,38)39)41-29-20(2)25(52-5)11-10-22(26)29/h6,10-11,16,19,21,24,27H,1,7-9,12-15,17-18H2,2-5H3,(H,43,49)(H,44,48)/t21-,24-,27+,35+/m0/s1. The number of likely N-dealkylation sites (N-methyl/N-ethyl adjacent to an activating group) is 1.